The van der Waals surface area contributed by atoms with E-state index >= 15 is 0 Å². The minimum absolute atomic E-state index is 0.154. The highest BCUT2D eigenvalue weighted by molar-refractivity contribution is 5.94. The summed E-state index contributed by atoms with van der Waals surface area (Å²) < 4.78 is 0. The molecule has 0 saturated carbocycles. The maximum Gasteiger partial charge on any atom is 0.253 e. The molecular weight excluding hydrogens is 284 g/mol. The van der Waals surface area contributed by atoms with Crippen molar-refractivity contribution in [3.63, 3.8) is 0 Å². The zero-order valence-corrected chi connectivity index (χ0v) is 13.4. The Morgan fingerprint density at radius 2 is 1.48 bits per heavy atom. The van der Waals surface area contributed by atoms with Crippen molar-refractivity contribution in [2.75, 3.05) is 32.7 Å². The van der Waals surface area contributed by atoms with Gasteiger partial charge in [0.25, 0.3) is 5.91 Å². The molecule has 3 rings (SSSR count). The summed E-state index contributed by atoms with van der Waals surface area (Å²) in [6, 6.07) is 20.0. The summed E-state index contributed by atoms with van der Waals surface area (Å²) >= 11 is 0. The highest BCUT2D eigenvalue weighted by atomic mass is 16.2. The molecular formula is C20H23N2O. The molecule has 3 nitrogen and oxygen atoms in total. The van der Waals surface area contributed by atoms with Crippen LogP contribution in [0.4, 0.5) is 0 Å². The first-order valence-electron chi connectivity index (χ1n) is 8.28. The fourth-order valence-corrected chi connectivity index (χ4v) is 2.94. The summed E-state index contributed by atoms with van der Waals surface area (Å²) in [5.74, 6) is 0.154. The third kappa shape index (κ3) is 4.42. The molecule has 0 unspecified atom stereocenters. The molecule has 0 N–H and O–H groups in total. The van der Waals surface area contributed by atoms with Crippen LogP contribution >= 0.6 is 0 Å². The molecule has 23 heavy (non-hydrogen) atoms. The lowest BCUT2D eigenvalue weighted by atomic mass is 10.1. The molecule has 1 radical (unpaired) electrons. The van der Waals surface area contributed by atoms with E-state index in [0.717, 1.165) is 44.7 Å². The smallest absolute Gasteiger partial charge is 0.253 e. The SMILES string of the molecule is O=C(c1ccccc1)N1CCN(CC[CH]c2ccccc2)CC1. The lowest BCUT2D eigenvalue weighted by Crippen LogP contribution is -2.48. The molecule has 2 aromatic rings. The van der Waals surface area contributed by atoms with E-state index in [-0.39, 0.29) is 5.91 Å². The Kier molecular flexibility index (Phi) is 5.43. The third-order valence-electron chi connectivity index (χ3n) is 4.31. The van der Waals surface area contributed by atoms with E-state index in [1.165, 1.54) is 5.56 Å². The second kappa shape index (κ2) is 7.93. The van der Waals surface area contributed by atoms with E-state index < -0.39 is 0 Å². The molecule has 1 aliphatic heterocycles. The Balaban J connectivity index is 1.41. The van der Waals surface area contributed by atoms with Gasteiger partial charge in [-0.1, -0.05) is 48.5 Å². The van der Waals surface area contributed by atoms with E-state index in [1.807, 2.05) is 41.3 Å². The van der Waals surface area contributed by atoms with Crippen LogP contribution in [0.25, 0.3) is 0 Å². The van der Waals surface area contributed by atoms with Gasteiger partial charge in [0.05, 0.1) is 0 Å². The molecule has 1 saturated heterocycles. The Hall–Kier alpha value is -2.13. The van der Waals surface area contributed by atoms with E-state index in [4.69, 9.17) is 0 Å². The van der Waals surface area contributed by atoms with Gasteiger partial charge in [-0.2, -0.15) is 0 Å². The zero-order valence-electron chi connectivity index (χ0n) is 13.4. The number of rotatable bonds is 5. The fourth-order valence-electron chi connectivity index (χ4n) is 2.94. The monoisotopic (exact) mass is 307 g/mol. The second-order valence-corrected chi connectivity index (χ2v) is 5.90. The van der Waals surface area contributed by atoms with Gasteiger partial charge in [0, 0.05) is 31.7 Å². The summed E-state index contributed by atoms with van der Waals surface area (Å²) in [6.45, 7) is 4.61. The van der Waals surface area contributed by atoms with Gasteiger partial charge >= 0.3 is 0 Å². The van der Waals surface area contributed by atoms with Crippen LogP contribution < -0.4 is 0 Å². The largest absolute Gasteiger partial charge is 0.336 e. The zero-order chi connectivity index (χ0) is 15.9. The van der Waals surface area contributed by atoms with Crippen molar-refractivity contribution >= 4 is 5.91 Å². The number of benzene rings is 2. The van der Waals surface area contributed by atoms with Gasteiger partial charge in [-0.3, -0.25) is 9.69 Å². The first-order valence-corrected chi connectivity index (χ1v) is 8.28. The first-order chi connectivity index (χ1) is 11.3. The predicted molar refractivity (Wildman–Crippen MR) is 93.2 cm³/mol. The van der Waals surface area contributed by atoms with Gasteiger partial charge in [-0.25, -0.2) is 0 Å². The van der Waals surface area contributed by atoms with Crippen molar-refractivity contribution in [1.29, 1.82) is 0 Å². The van der Waals surface area contributed by atoms with Gasteiger partial charge in [0.15, 0.2) is 0 Å². The minimum atomic E-state index is 0.154. The molecule has 1 heterocycles. The summed E-state index contributed by atoms with van der Waals surface area (Å²) in [5, 5.41) is 0. The first kappa shape index (κ1) is 15.8. The Bertz CT molecular complexity index is 604. The Morgan fingerprint density at radius 1 is 0.870 bits per heavy atom. The van der Waals surface area contributed by atoms with Crippen molar-refractivity contribution in [2.45, 2.75) is 6.42 Å². The summed E-state index contributed by atoms with van der Waals surface area (Å²) in [6.07, 6.45) is 3.33. The number of hydrogen-bond acceptors (Lipinski definition) is 2. The predicted octanol–water partition coefficient (Wildman–Crippen LogP) is 3.09. The van der Waals surface area contributed by atoms with Crippen LogP contribution in [0.1, 0.15) is 22.3 Å². The fraction of sp³-hybridized carbons (Fsp3) is 0.300. The molecule has 119 valence electrons. The van der Waals surface area contributed by atoms with Crippen LogP contribution in [0, 0.1) is 6.42 Å². The van der Waals surface area contributed by atoms with Crippen molar-refractivity contribution in [3.05, 3.63) is 78.2 Å². The lowest BCUT2D eigenvalue weighted by Gasteiger charge is -2.34. The van der Waals surface area contributed by atoms with Gasteiger partial charge in [-0.05, 0) is 37.1 Å². The van der Waals surface area contributed by atoms with Crippen molar-refractivity contribution in [2.24, 2.45) is 0 Å². The molecule has 0 aromatic heterocycles. The van der Waals surface area contributed by atoms with Crippen LogP contribution in [0.5, 0.6) is 0 Å². The van der Waals surface area contributed by atoms with Crippen LogP contribution in [0.2, 0.25) is 0 Å². The molecule has 3 heteroatoms. The van der Waals surface area contributed by atoms with E-state index in [1.54, 1.807) is 0 Å². The number of carbonyl (C=O) groups excluding carboxylic acids is 1. The van der Waals surface area contributed by atoms with Crippen molar-refractivity contribution < 1.29 is 4.79 Å². The van der Waals surface area contributed by atoms with E-state index in [0.29, 0.717) is 0 Å². The number of hydrogen-bond donors (Lipinski definition) is 0. The minimum Gasteiger partial charge on any atom is -0.336 e. The highest BCUT2D eigenvalue weighted by Crippen LogP contribution is 2.11. The molecule has 0 spiro atoms. The lowest BCUT2D eigenvalue weighted by molar-refractivity contribution is 0.0638. The number of carbonyl (C=O) groups is 1. The van der Waals surface area contributed by atoms with Gasteiger partial charge in [0.2, 0.25) is 0 Å². The standard InChI is InChI=1S/C20H23N2O/c23-20(19-11-5-2-6-12-19)22-16-14-21(15-17-22)13-7-10-18-8-3-1-4-9-18/h1-6,8-12H,7,13-17H2. The molecule has 1 fully saturated rings. The average molecular weight is 307 g/mol. The molecule has 1 amide bonds. The maximum absolute atomic E-state index is 12.4. The van der Waals surface area contributed by atoms with Crippen LogP contribution in [0.15, 0.2) is 60.7 Å². The number of nitrogens with zero attached hydrogens (tertiary/aromatic N) is 2. The Morgan fingerprint density at radius 3 is 2.13 bits per heavy atom. The Labute approximate surface area is 138 Å². The van der Waals surface area contributed by atoms with Crippen molar-refractivity contribution in [3.8, 4) is 0 Å². The average Bonchev–Trinajstić information content (AvgIpc) is 2.63. The quantitative estimate of drug-likeness (QED) is 0.847. The number of amides is 1. The molecule has 0 bridgehead atoms. The highest BCUT2D eigenvalue weighted by Gasteiger charge is 2.21. The van der Waals surface area contributed by atoms with Gasteiger partial charge < -0.3 is 4.90 Å². The maximum atomic E-state index is 12.4. The van der Waals surface area contributed by atoms with E-state index in [9.17, 15) is 4.79 Å². The third-order valence-corrected chi connectivity index (χ3v) is 4.31. The topological polar surface area (TPSA) is 23.6 Å². The summed E-state index contributed by atoms with van der Waals surface area (Å²) in [7, 11) is 0. The van der Waals surface area contributed by atoms with E-state index in [2.05, 4.69) is 35.6 Å². The summed E-state index contributed by atoms with van der Waals surface area (Å²) in [5.41, 5.74) is 2.07. The van der Waals surface area contributed by atoms with Crippen molar-refractivity contribution in [1.82, 2.24) is 9.80 Å². The molecule has 2 aromatic carbocycles. The molecule has 1 aliphatic rings. The molecule has 0 atom stereocenters. The van der Waals surface area contributed by atoms with Gasteiger partial charge in [-0.15, -0.1) is 0 Å². The van der Waals surface area contributed by atoms with Crippen LogP contribution in [-0.2, 0) is 0 Å². The second-order valence-electron chi connectivity index (χ2n) is 5.90. The van der Waals surface area contributed by atoms with Gasteiger partial charge in [0.1, 0.15) is 0 Å². The number of piperazine rings is 1. The summed E-state index contributed by atoms with van der Waals surface area (Å²) in [4.78, 5) is 16.8. The van der Waals surface area contributed by atoms with Crippen LogP contribution in [-0.4, -0.2) is 48.4 Å². The normalized spacial score (nSPS) is 15.6. The molecule has 0 aliphatic carbocycles. The van der Waals surface area contributed by atoms with Crippen LogP contribution in [0.3, 0.4) is 0 Å².